The lowest BCUT2D eigenvalue weighted by atomic mass is 10.1. The molecule has 7 nitrogen and oxygen atoms in total. The topological polar surface area (TPSA) is 77.7 Å². The zero-order valence-corrected chi connectivity index (χ0v) is 16.6. The van der Waals surface area contributed by atoms with Crippen LogP contribution < -0.4 is 14.4 Å². The van der Waals surface area contributed by atoms with Crippen LogP contribution in [0.2, 0.25) is 0 Å². The minimum absolute atomic E-state index is 0.136. The van der Waals surface area contributed by atoms with Gasteiger partial charge in [0.05, 0.1) is 31.4 Å². The molecule has 1 saturated heterocycles. The van der Waals surface area contributed by atoms with E-state index < -0.39 is 11.7 Å². The molecule has 0 saturated carbocycles. The first kappa shape index (κ1) is 20.7. The van der Waals surface area contributed by atoms with E-state index in [2.05, 4.69) is 10.1 Å². The maximum absolute atomic E-state index is 12.7. The predicted octanol–water partition coefficient (Wildman–Crippen LogP) is 4.29. The first-order valence-electron chi connectivity index (χ1n) is 9.33. The molecular formula is C21H18F3N3O4. The molecule has 2 heterocycles. The van der Waals surface area contributed by atoms with Gasteiger partial charge in [-0.15, -0.1) is 0 Å². The molecule has 1 amide bonds. The molecule has 10 heteroatoms. The Kier molecular flexibility index (Phi) is 5.30. The van der Waals surface area contributed by atoms with Gasteiger partial charge in [0.2, 0.25) is 17.6 Å². The van der Waals surface area contributed by atoms with Crippen molar-refractivity contribution in [3.8, 4) is 22.9 Å². The van der Waals surface area contributed by atoms with Crippen LogP contribution in [-0.4, -0.2) is 36.8 Å². The van der Waals surface area contributed by atoms with Gasteiger partial charge in [-0.2, -0.15) is 18.2 Å². The lowest BCUT2D eigenvalue weighted by molar-refractivity contribution is -0.137. The predicted molar refractivity (Wildman–Crippen MR) is 104 cm³/mol. The lowest BCUT2D eigenvalue weighted by Gasteiger charge is -2.19. The van der Waals surface area contributed by atoms with Crippen LogP contribution in [-0.2, 0) is 11.0 Å². The van der Waals surface area contributed by atoms with E-state index in [1.165, 1.54) is 26.4 Å². The Morgan fingerprint density at radius 3 is 2.48 bits per heavy atom. The highest BCUT2D eigenvalue weighted by molar-refractivity contribution is 5.97. The fourth-order valence-electron chi connectivity index (χ4n) is 3.44. The van der Waals surface area contributed by atoms with E-state index in [1.807, 2.05) is 0 Å². The summed E-state index contributed by atoms with van der Waals surface area (Å²) in [5, 5.41) is 3.86. The number of alkyl halides is 3. The maximum atomic E-state index is 12.7. The Balaban J connectivity index is 1.54. The Bertz CT molecular complexity index is 1100. The highest BCUT2D eigenvalue weighted by atomic mass is 19.4. The van der Waals surface area contributed by atoms with E-state index in [9.17, 15) is 18.0 Å². The van der Waals surface area contributed by atoms with Gasteiger partial charge < -0.3 is 18.9 Å². The molecule has 0 radical (unpaired) electrons. The largest absolute Gasteiger partial charge is 0.497 e. The molecule has 1 fully saturated rings. The van der Waals surface area contributed by atoms with Gasteiger partial charge in [-0.1, -0.05) is 17.3 Å². The average molecular weight is 433 g/mol. The van der Waals surface area contributed by atoms with Crippen molar-refractivity contribution in [3.05, 3.63) is 53.9 Å². The van der Waals surface area contributed by atoms with Crippen molar-refractivity contribution < 1.29 is 32.0 Å². The fraction of sp³-hybridized carbons (Fsp3) is 0.286. The van der Waals surface area contributed by atoms with Crippen molar-refractivity contribution in [3.63, 3.8) is 0 Å². The van der Waals surface area contributed by atoms with Crippen molar-refractivity contribution in [2.45, 2.75) is 18.5 Å². The first-order chi connectivity index (χ1) is 14.8. The Morgan fingerprint density at radius 1 is 1.10 bits per heavy atom. The van der Waals surface area contributed by atoms with Gasteiger partial charge in [0.15, 0.2) is 0 Å². The second-order valence-corrected chi connectivity index (χ2v) is 6.97. The number of carbonyl (C=O) groups excluding carboxylic acids is 1. The van der Waals surface area contributed by atoms with Crippen LogP contribution in [0.4, 0.5) is 18.9 Å². The third-order valence-electron chi connectivity index (χ3n) is 5.06. The third kappa shape index (κ3) is 4.05. The molecule has 1 aliphatic heterocycles. The smallest absolute Gasteiger partial charge is 0.416 e. The summed E-state index contributed by atoms with van der Waals surface area (Å²) in [6.45, 7) is 0.302. The SMILES string of the molecule is COc1ccc(N2CC(c3nc(-c4ccc(C(F)(F)F)cc4)no3)CC2=O)c(OC)c1. The van der Waals surface area contributed by atoms with Gasteiger partial charge in [0.1, 0.15) is 11.5 Å². The summed E-state index contributed by atoms with van der Waals surface area (Å²) in [4.78, 5) is 18.5. The molecule has 3 aromatic rings. The van der Waals surface area contributed by atoms with E-state index in [1.54, 1.807) is 23.1 Å². The summed E-state index contributed by atoms with van der Waals surface area (Å²) in [5.41, 5.74) is 0.227. The Labute approximate surface area is 175 Å². The van der Waals surface area contributed by atoms with Gasteiger partial charge in [-0.25, -0.2) is 0 Å². The van der Waals surface area contributed by atoms with Gasteiger partial charge >= 0.3 is 6.18 Å². The van der Waals surface area contributed by atoms with E-state index in [0.717, 1.165) is 12.1 Å². The highest BCUT2D eigenvalue weighted by Crippen LogP contribution is 2.38. The molecule has 31 heavy (non-hydrogen) atoms. The fourth-order valence-corrected chi connectivity index (χ4v) is 3.44. The van der Waals surface area contributed by atoms with Gasteiger partial charge in [-0.3, -0.25) is 4.79 Å². The number of amides is 1. The number of hydrogen-bond donors (Lipinski definition) is 0. The zero-order valence-electron chi connectivity index (χ0n) is 16.6. The molecule has 162 valence electrons. The second kappa shape index (κ2) is 7.93. The van der Waals surface area contributed by atoms with E-state index in [0.29, 0.717) is 29.3 Å². The number of aromatic nitrogens is 2. The quantitative estimate of drug-likeness (QED) is 0.597. The molecule has 2 aromatic carbocycles. The van der Waals surface area contributed by atoms with Crippen molar-refractivity contribution in [1.82, 2.24) is 10.1 Å². The summed E-state index contributed by atoms with van der Waals surface area (Å²) < 4.78 is 54.1. The molecule has 1 atom stereocenters. The van der Waals surface area contributed by atoms with Crippen molar-refractivity contribution in [1.29, 1.82) is 0 Å². The van der Waals surface area contributed by atoms with Crippen LogP contribution >= 0.6 is 0 Å². The van der Waals surface area contributed by atoms with Gasteiger partial charge in [0.25, 0.3) is 0 Å². The van der Waals surface area contributed by atoms with E-state index in [-0.39, 0.29) is 30.0 Å². The number of nitrogens with zero attached hydrogens (tertiary/aromatic N) is 3. The van der Waals surface area contributed by atoms with Gasteiger partial charge in [-0.05, 0) is 24.3 Å². The summed E-state index contributed by atoms with van der Waals surface area (Å²) in [6.07, 6.45) is -4.26. The van der Waals surface area contributed by atoms with E-state index >= 15 is 0 Å². The number of carbonyl (C=O) groups is 1. The van der Waals surface area contributed by atoms with Crippen LogP contribution in [0.5, 0.6) is 11.5 Å². The Hall–Kier alpha value is -3.56. The van der Waals surface area contributed by atoms with Crippen molar-refractivity contribution in [2.24, 2.45) is 0 Å². The molecule has 0 spiro atoms. The number of anilines is 1. The summed E-state index contributed by atoms with van der Waals surface area (Å²) in [6, 6.07) is 9.64. The maximum Gasteiger partial charge on any atom is 0.416 e. The number of benzene rings is 2. The molecule has 4 rings (SSSR count). The molecule has 0 N–H and O–H groups in total. The standard InChI is InChI=1S/C21H18F3N3O4/c1-29-15-7-8-16(17(10-15)30-2)27-11-13(9-18(27)28)20-25-19(26-31-20)12-3-5-14(6-4-12)21(22,23)24/h3-8,10,13H,9,11H2,1-2H3. The first-order valence-corrected chi connectivity index (χ1v) is 9.33. The second-order valence-electron chi connectivity index (χ2n) is 6.97. The molecule has 1 aliphatic rings. The molecular weight excluding hydrogens is 415 g/mol. The van der Waals surface area contributed by atoms with Crippen LogP contribution in [0.3, 0.4) is 0 Å². The highest BCUT2D eigenvalue weighted by Gasteiger charge is 2.36. The van der Waals surface area contributed by atoms with Gasteiger partial charge in [0, 0.05) is 24.6 Å². The number of hydrogen-bond acceptors (Lipinski definition) is 6. The average Bonchev–Trinajstić information content (AvgIpc) is 3.39. The van der Waals surface area contributed by atoms with E-state index in [4.69, 9.17) is 14.0 Å². The van der Waals surface area contributed by atoms with Crippen LogP contribution in [0.1, 0.15) is 23.8 Å². The molecule has 1 unspecified atom stereocenters. The summed E-state index contributed by atoms with van der Waals surface area (Å²) in [7, 11) is 3.04. The summed E-state index contributed by atoms with van der Waals surface area (Å²) >= 11 is 0. The minimum atomic E-state index is -4.42. The lowest BCUT2D eigenvalue weighted by Crippen LogP contribution is -2.24. The normalized spacial score (nSPS) is 16.6. The molecule has 1 aromatic heterocycles. The van der Waals surface area contributed by atoms with Crippen molar-refractivity contribution in [2.75, 3.05) is 25.7 Å². The van der Waals surface area contributed by atoms with Crippen LogP contribution in [0, 0.1) is 0 Å². The zero-order chi connectivity index (χ0) is 22.2. The Morgan fingerprint density at radius 2 is 1.84 bits per heavy atom. The molecule has 0 bridgehead atoms. The number of halogens is 3. The van der Waals surface area contributed by atoms with Crippen molar-refractivity contribution >= 4 is 11.6 Å². The number of rotatable bonds is 5. The number of methoxy groups -OCH3 is 2. The van der Waals surface area contributed by atoms with Crippen LogP contribution in [0.15, 0.2) is 47.0 Å². The molecule has 0 aliphatic carbocycles. The monoisotopic (exact) mass is 433 g/mol. The summed E-state index contributed by atoms with van der Waals surface area (Å²) in [5.74, 6) is 1.01. The third-order valence-corrected chi connectivity index (χ3v) is 5.06. The minimum Gasteiger partial charge on any atom is -0.497 e. The van der Waals surface area contributed by atoms with Crippen LogP contribution in [0.25, 0.3) is 11.4 Å². The number of ether oxygens (including phenoxy) is 2.